The van der Waals surface area contributed by atoms with Gasteiger partial charge in [-0.25, -0.2) is 23.5 Å². The first kappa shape index (κ1) is 12.4. The van der Waals surface area contributed by atoms with Gasteiger partial charge in [0.2, 0.25) is 0 Å². The number of para-hydroxylation sites is 1. The second-order valence-electron chi connectivity index (χ2n) is 5.57. The zero-order valence-electron chi connectivity index (χ0n) is 11.3. The summed E-state index contributed by atoms with van der Waals surface area (Å²) >= 11 is 0. The molecule has 3 heterocycles. The summed E-state index contributed by atoms with van der Waals surface area (Å²) in [6.45, 7) is 0. The maximum atomic E-state index is 12.7. The van der Waals surface area contributed by atoms with Crippen molar-refractivity contribution in [3.8, 4) is 5.69 Å². The molecule has 6 nitrogen and oxygen atoms in total. The molecule has 0 spiro atoms. The molecule has 2 aliphatic heterocycles. The van der Waals surface area contributed by atoms with Crippen LogP contribution in [0, 0.1) is 0 Å². The predicted molar refractivity (Wildman–Crippen MR) is 76.7 cm³/mol. The summed E-state index contributed by atoms with van der Waals surface area (Å²) in [5.74, 6) is 0. The molecule has 2 unspecified atom stereocenters. The summed E-state index contributed by atoms with van der Waals surface area (Å²) in [6, 6.07) is 8.40. The van der Waals surface area contributed by atoms with E-state index >= 15 is 0 Å². The van der Waals surface area contributed by atoms with Crippen LogP contribution in [-0.4, -0.2) is 25.1 Å². The van der Waals surface area contributed by atoms with Gasteiger partial charge in [-0.1, -0.05) is 30.4 Å². The molecule has 3 aliphatic rings. The number of benzene rings is 1. The number of hydrogen-bond donors (Lipinski definition) is 1. The lowest BCUT2D eigenvalue weighted by Crippen LogP contribution is -2.33. The molecule has 5 rings (SSSR count). The Kier molecular flexibility index (Phi) is 2.56. The van der Waals surface area contributed by atoms with Crippen molar-refractivity contribution in [3.05, 3.63) is 63.5 Å². The van der Waals surface area contributed by atoms with Crippen LogP contribution < -0.4 is 11.4 Å². The Morgan fingerprint density at radius 2 is 1.43 bits per heavy atom. The Morgan fingerprint density at radius 1 is 0.905 bits per heavy atom. The molecular formula is C15H15N3O3. The van der Waals surface area contributed by atoms with Crippen LogP contribution in [0.1, 0.15) is 24.9 Å². The van der Waals surface area contributed by atoms with Crippen molar-refractivity contribution in [1.82, 2.24) is 13.9 Å². The second-order valence-corrected chi connectivity index (χ2v) is 5.57. The van der Waals surface area contributed by atoms with Gasteiger partial charge in [0, 0.05) is 0 Å². The Hall–Kier alpha value is -2.34. The first-order valence-electron chi connectivity index (χ1n) is 7.04. The minimum Gasteiger partial charge on any atom is -0.393 e. The lowest BCUT2D eigenvalue weighted by atomic mass is 10.1. The van der Waals surface area contributed by atoms with Crippen LogP contribution in [0.4, 0.5) is 0 Å². The Bertz CT molecular complexity index is 781. The zero-order chi connectivity index (χ0) is 14.6. The lowest BCUT2D eigenvalue weighted by Gasteiger charge is -2.21. The van der Waals surface area contributed by atoms with Crippen molar-refractivity contribution in [2.75, 3.05) is 0 Å². The largest absolute Gasteiger partial charge is 0.393 e. The minimum atomic E-state index is -0.494. The van der Waals surface area contributed by atoms with Crippen molar-refractivity contribution in [2.24, 2.45) is 0 Å². The van der Waals surface area contributed by atoms with Gasteiger partial charge in [-0.15, -0.1) is 0 Å². The molecule has 21 heavy (non-hydrogen) atoms. The topological polar surface area (TPSA) is 69.2 Å². The smallest absolute Gasteiger partial charge is 0.352 e. The predicted octanol–water partition coefficient (Wildman–Crippen LogP) is 0.607. The average Bonchev–Trinajstić information content (AvgIpc) is 2.62. The molecule has 0 fully saturated rings. The maximum Gasteiger partial charge on any atom is 0.352 e. The Balaban J connectivity index is 2.00. The molecule has 1 aromatic heterocycles. The highest BCUT2D eigenvalue weighted by Gasteiger charge is 2.34. The molecule has 108 valence electrons. The third-order valence-corrected chi connectivity index (χ3v) is 4.23. The van der Waals surface area contributed by atoms with Crippen LogP contribution in [-0.2, 0) is 0 Å². The molecule has 0 amide bonds. The van der Waals surface area contributed by atoms with Gasteiger partial charge >= 0.3 is 11.4 Å². The second kappa shape index (κ2) is 4.33. The van der Waals surface area contributed by atoms with Gasteiger partial charge < -0.3 is 5.11 Å². The number of hydrogen-bond acceptors (Lipinski definition) is 3. The Morgan fingerprint density at radius 3 is 1.95 bits per heavy atom. The molecule has 2 atom stereocenters. The molecule has 0 radical (unpaired) electrons. The first-order chi connectivity index (χ1) is 10.2. The molecule has 1 aliphatic carbocycles. The number of aliphatic hydroxyl groups excluding tert-OH is 1. The highest BCUT2D eigenvalue weighted by atomic mass is 16.3. The first-order valence-corrected chi connectivity index (χ1v) is 7.04. The molecule has 0 saturated carbocycles. The molecule has 2 aromatic rings. The van der Waals surface area contributed by atoms with Gasteiger partial charge in [-0.2, -0.15) is 0 Å². The van der Waals surface area contributed by atoms with Gasteiger partial charge in [-0.05, 0) is 25.0 Å². The monoisotopic (exact) mass is 285 g/mol. The van der Waals surface area contributed by atoms with E-state index in [2.05, 4.69) is 0 Å². The standard InChI is InChI=1S/C15H15N3O3/c19-13-8-11-6-7-12(9-13)18-15(21)16(14(20)17(11)18)10-4-2-1-3-5-10/h1-7,11-13,19H,8-9H2. The fraction of sp³-hybridized carbons (Fsp3) is 0.333. The third-order valence-electron chi connectivity index (χ3n) is 4.23. The van der Waals surface area contributed by atoms with E-state index in [1.54, 1.807) is 24.3 Å². The fourth-order valence-corrected chi connectivity index (χ4v) is 3.30. The summed E-state index contributed by atoms with van der Waals surface area (Å²) in [6.07, 6.45) is 4.26. The van der Waals surface area contributed by atoms with Crippen molar-refractivity contribution in [3.63, 3.8) is 0 Å². The number of allylic oxidation sites excluding steroid dienone is 2. The third kappa shape index (κ3) is 1.69. The Labute approximate surface area is 120 Å². The molecular weight excluding hydrogens is 270 g/mol. The van der Waals surface area contributed by atoms with Crippen LogP contribution in [0.25, 0.3) is 5.69 Å². The minimum absolute atomic E-state index is 0.260. The van der Waals surface area contributed by atoms with Crippen LogP contribution in [0.5, 0.6) is 0 Å². The maximum absolute atomic E-state index is 12.7. The summed E-state index contributed by atoms with van der Waals surface area (Å²) < 4.78 is 4.16. The van der Waals surface area contributed by atoms with Crippen LogP contribution in [0.2, 0.25) is 0 Å². The number of nitrogens with zero attached hydrogens (tertiary/aromatic N) is 3. The summed E-state index contributed by atoms with van der Waals surface area (Å²) in [7, 11) is 0. The van der Waals surface area contributed by atoms with Crippen molar-refractivity contribution >= 4 is 0 Å². The van der Waals surface area contributed by atoms with Crippen LogP contribution >= 0.6 is 0 Å². The van der Waals surface area contributed by atoms with E-state index in [0.29, 0.717) is 18.5 Å². The summed E-state index contributed by atoms with van der Waals surface area (Å²) in [5.41, 5.74) is -0.125. The van der Waals surface area contributed by atoms with E-state index in [1.165, 1.54) is 13.9 Å². The highest BCUT2D eigenvalue weighted by molar-refractivity contribution is 5.31. The number of aliphatic hydroxyl groups is 1. The molecule has 1 aromatic carbocycles. The van der Waals surface area contributed by atoms with Gasteiger partial charge in [0.05, 0.1) is 23.9 Å². The van der Waals surface area contributed by atoms with E-state index in [9.17, 15) is 14.7 Å². The van der Waals surface area contributed by atoms with Crippen molar-refractivity contribution in [2.45, 2.75) is 31.0 Å². The van der Waals surface area contributed by atoms with Gasteiger partial charge in [0.1, 0.15) is 0 Å². The van der Waals surface area contributed by atoms with E-state index in [1.807, 2.05) is 18.2 Å². The van der Waals surface area contributed by atoms with Crippen molar-refractivity contribution < 1.29 is 5.11 Å². The van der Waals surface area contributed by atoms with Gasteiger partial charge in [0.25, 0.3) is 0 Å². The van der Waals surface area contributed by atoms with Crippen LogP contribution in [0.3, 0.4) is 0 Å². The van der Waals surface area contributed by atoms with E-state index in [4.69, 9.17) is 0 Å². The number of aromatic nitrogens is 3. The number of rotatable bonds is 1. The molecule has 2 bridgehead atoms. The zero-order valence-corrected chi connectivity index (χ0v) is 11.3. The van der Waals surface area contributed by atoms with Gasteiger partial charge in [0.15, 0.2) is 0 Å². The van der Waals surface area contributed by atoms with Gasteiger partial charge in [-0.3, -0.25) is 0 Å². The molecule has 6 heteroatoms. The number of fused-ring (bicyclic) bond motifs is 2. The molecule has 1 N–H and O–H groups in total. The SMILES string of the molecule is O=c1n(-c2ccccc2)c(=O)n2n1C1C=CC2CC(O)C1. The normalized spacial score (nSPS) is 26.6. The quantitative estimate of drug-likeness (QED) is 0.780. The lowest BCUT2D eigenvalue weighted by molar-refractivity contribution is 0.147. The van der Waals surface area contributed by atoms with E-state index in [0.717, 1.165) is 0 Å². The van der Waals surface area contributed by atoms with Crippen LogP contribution in [0.15, 0.2) is 52.1 Å². The average molecular weight is 285 g/mol. The van der Waals surface area contributed by atoms with E-state index < -0.39 is 6.10 Å². The summed E-state index contributed by atoms with van der Waals surface area (Å²) in [4.78, 5) is 25.3. The fourth-order valence-electron chi connectivity index (χ4n) is 3.30. The highest BCUT2D eigenvalue weighted by Crippen LogP contribution is 2.31. The van der Waals surface area contributed by atoms with Crippen molar-refractivity contribution in [1.29, 1.82) is 0 Å². The van der Waals surface area contributed by atoms with E-state index in [-0.39, 0.29) is 23.5 Å². The molecule has 0 saturated heterocycles. The summed E-state index contributed by atoms with van der Waals surface area (Å²) in [5, 5.41) is 9.95.